The van der Waals surface area contributed by atoms with E-state index in [1.165, 1.54) is 11.1 Å². The third-order valence-electron chi connectivity index (χ3n) is 5.21. The topological polar surface area (TPSA) is 3.24 Å². The monoisotopic (exact) mass is 443 g/mol. The van der Waals surface area contributed by atoms with E-state index in [1.807, 2.05) is 54.6 Å². The molecule has 0 atom stereocenters. The average Bonchev–Trinajstić information content (AvgIpc) is 2.82. The number of rotatable bonds is 6. The molecule has 0 heterocycles. The van der Waals surface area contributed by atoms with Crippen LogP contribution in [0.25, 0.3) is 11.3 Å². The number of allylic oxidation sites excluding steroid dienone is 1. The molecule has 0 aliphatic heterocycles. The van der Waals surface area contributed by atoms with Crippen molar-refractivity contribution in [2.75, 3.05) is 4.90 Å². The van der Waals surface area contributed by atoms with Crippen molar-refractivity contribution in [2.24, 2.45) is 0 Å². The number of hydrogen-bond donors (Lipinski definition) is 0. The molecule has 0 saturated heterocycles. The molecule has 0 aliphatic rings. The molecule has 0 amide bonds. The summed E-state index contributed by atoms with van der Waals surface area (Å²) in [5.41, 5.74) is 6.57. The van der Waals surface area contributed by atoms with Gasteiger partial charge < -0.3 is 4.90 Å². The first-order valence-electron chi connectivity index (χ1n) is 10.3. The van der Waals surface area contributed by atoms with Crippen LogP contribution >= 0.6 is 23.2 Å². The summed E-state index contributed by atoms with van der Waals surface area (Å²) in [6, 6.07) is 36.8. The molecule has 0 fully saturated rings. The fraction of sp³-hybridized carbons (Fsp3) is 0.0714. The standard InChI is InChI=1S/C28H23Cl2N/c1-2-25(21-11-5-3-6-12-21)28(22-13-7-4-8-14-22)31(24-19-17-23(29)18-20-24)27-16-10-9-15-26(27)30/h3-20H,2H2,1H3/b28-25+. The molecular weight excluding hydrogens is 421 g/mol. The molecule has 31 heavy (non-hydrogen) atoms. The fourth-order valence-electron chi connectivity index (χ4n) is 3.79. The first-order valence-corrected chi connectivity index (χ1v) is 11.1. The van der Waals surface area contributed by atoms with E-state index in [0.717, 1.165) is 29.1 Å². The Morgan fingerprint density at radius 2 is 1.19 bits per heavy atom. The fourth-order valence-corrected chi connectivity index (χ4v) is 4.14. The van der Waals surface area contributed by atoms with E-state index in [1.54, 1.807) is 0 Å². The zero-order chi connectivity index (χ0) is 21.6. The van der Waals surface area contributed by atoms with Gasteiger partial charge in [-0.3, -0.25) is 0 Å². The van der Waals surface area contributed by atoms with Crippen molar-refractivity contribution in [3.05, 3.63) is 130 Å². The third-order valence-corrected chi connectivity index (χ3v) is 5.78. The molecule has 0 N–H and O–H groups in total. The molecule has 154 valence electrons. The van der Waals surface area contributed by atoms with Crippen LogP contribution in [0.3, 0.4) is 0 Å². The van der Waals surface area contributed by atoms with Gasteiger partial charge in [-0.1, -0.05) is 103 Å². The zero-order valence-corrected chi connectivity index (χ0v) is 18.8. The second kappa shape index (κ2) is 9.87. The van der Waals surface area contributed by atoms with Gasteiger partial charge in [-0.25, -0.2) is 0 Å². The Bertz CT molecular complexity index is 1170. The minimum Gasteiger partial charge on any atom is -0.308 e. The second-order valence-corrected chi connectivity index (χ2v) is 8.02. The van der Waals surface area contributed by atoms with Gasteiger partial charge in [0.2, 0.25) is 0 Å². The Labute approximate surface area is 194 Å². The van der Waals surface area contributed by atoms with Crippen LogP contribution in [-0.4, -0.2) is 0 Å². The van der Waals surface area contributed by atoms with Crippen LogP contribution in [0.5, 0.6) is 0 Å². The van der Waals surface area contributed by atoms with Gasteiger partial charge in [0.25, 0.3) is 0 Å². The van der Waals surface area contributed by atoms with Crippen LogP contribution in [0.4, 0.5) is 11.4 Å². The molecule has 0 aromatic heterocycles. The maximum atomic E-state index is 6.74. The highest BCUT2D eigenvalue weighted by atomic mass is 35.5. The predicted molar refractivity (Wildman–Crippen MR) is 135 cm³/mol. The highest BCUT2D eigenvalue weighted by Crippen LogP contribution is 2.42. The molecule has 4 aromatic rings. The van der Waals surface area contributed by atoms with E-state index in [0.29, 0.717) is 10.0 Å². The molecule has 0 spiro atoms. The lowest BCUT2D eigenvalue weighted by Gasteiger charge is -2.31. The van der Waals surface area contributed by atoms with E-state index in [-0.39, 0.29) is 0 Å². The smallest absolute Gasteiger partial charge is 0.0648 e. The number of nitrogens with zero attached hydrogens (tertiary/aromatic N) is 1. The lowest BCUT2D eigenvalue weighted by atomic mass is 9.95. The molecular formula is C28H23Cl2N. The summed E-state index contributed by atoms with van der Waals surface area (Å²) in [5.74, 6) is 0. The molecule has 0 aliphatic carbocycles. The van der Waals surface area contributed by atoms with Crippen molar-refractivity contribution >= 4 is 45.8 Å². The Hall–Kier alpha value is -3.00. The zero-order valence-electron chi connectivity index (χ0n) is 17.3. The molecule has 0 saturated carbocycles. The largest absolute Gasteiger partial charge is 0.308 e. The Kier molecular flexibility index (Phi) is 6.76. The Morgan fingerprint density at radius 3 is 1.77 bits per heavy atom. The predicted octanol–water partition coefficient (Wildman–Crippen LogP) is 9.11. The van der Waals surface area contributed by atoms with Crippen LogP contribution in [0, 0.1) is 0 Å². The maximum Gasteiger partial charge on any atom is 0.0648 e. The van der Waals surface area contributed by atoms with Gasteiger partial charge >= 0.3 is 0 Å². The summed E-state index contributed by atoms with van der Waals surface area (Å²) >= 11 is 13.0. The minimum absolute atomic E-state index is 0.689. The van der Waals surface area contributed by atoms with Gasteiger partial charge in [-0.2, -0.15) is 0 Å². The molecule has 4 aromatic carbocycles. The van der Waals surface area contributed by atoms with Crippen LogP contribution in [0.1, 0.15) is 24.5 Å². The molecule has 0 bridgehead atoms. The molecule has 1 nitrogen and oxygen atoms in total. The van der Waals surface area contributed by atoms with Crippen LogP contribution in [0.15, 0.2) is 109 Å². The van der Waals surface area contributed by atoms with Crippen molar-refractivity contribution in [1.82, 2.24) is 0 Å². The Balaban J connectivity index is 2.07. The normalized spacial score (nSPS) is 11.7. The summed E-state index contributed by atoms with van der Waals surface area (Å²) < 4.78 is 0. The number of benzene rings is 4. The average molecular weight is 444 g/mol. The third kappa shape index (κ3) is 4.69. The summed E-state index contributed by atoms with van der Waals surface area (Å²) in [7, 11) is 0. The molecule has 4 rings (SSSR count). The van der Waals surface area contributed by atoms with Crippen molar-refractivity contribution in [3.8, 4) is 0 Å². The molecule has 3 heteroatoms. The lowest BCUT2D eigenvalue weighted by Crippen LogP contribution is -2.18. The quantitative estimate of drug-likeness (QED) is 0.268. The van der Waals surface area contributed by atoms with Crippen molar-refractivity contribution in [3.63, 3.8) is 0 Å². The van der Waals surface area contributed by atoms with E-state index >= 15 is 0 Å². The van der Waals surface area contributed by atoms with Gasteiger partial charge in [0.1, 0.15) is 0 Å². The van der Waals surface area contributed by atoms with Gasteiger partial charge in [0, 0.05) is 10.7 Å². The molecule has 0 radical (unpaired) electrons. The number of para-hydroxylation sites is 1. The van der Waals surface area contributed by atoms with Gasteiger partial charge in [0.15, 0.2) is 0 Å². The Morgan fingerprint density at radius 1 is 0.645 bits per heavy atom. The van der Waals surface area contributed by atoms with Gasteiger partial charge in [0.05, 0.1) is 16.4 Å². The summed E-state index contributed by atoms with van der Waals surface area (Å²) in [6.45, 7) is 2.19. The highest BCUT2D eigenvalue weighted by Gasteiger charge is 2.22. The maximum absolute atomic E-state index is 6.74. The minimum atomic E-state index is 0.689. The van der Waals surface area contributed by atoms with Gasteiger partial charge in [-0.05, 0) is 59.5 Å². The van der Waals surface area contributed by atoms with E-state index < -0.39 is 0 Å². The molecule has 0 unspecified atom stereocenters. The number of hydrogen-bond acceptors (Lipinski definition) is 1. The summed E-state index contributed by atoms with van der Waals surface area (Å²) in [4.78, 5) is 2.24. The first kappa shape index (κ1) is 21.2. The van der Waals surface area contributed by atoms with E-state index in [9.17, 15) is 0 Å². The SMILES string of the molecule is CC/C(=C(/c1ccccc1)N(c1ccc(Cl)cc1)c1ccccc1Cl)c1ccccc1. The summed E-state index contributed by atoms with van der Waals surface area (Å²) in [5, 5.41) is 1.39. The summed E-state index contributed by atoms with van der Waals surface area (Å²) in [6.07, 6.45) is 0.864. The van der Waals surface area contributed by atoms with Crippen molar-refractivity contribution < 1.29 is 0 Å². The van der Waals surface area contributed by atoms with Gasteiger partial charge in [-0.15, -0.1) is 0 Å². The van der Waals surface area contributed by atoms with Crippen LogP contribution in [0.2, 0.25) is 10.0 Å². The van der Waals surface area contributed by atoms with Crippen molar-refractivity contribution in [1.29, 1.82) is 0 Å². The van der Waals surface area contributed by atoms with E-state index in [4.69, 9.17) is 23.2 Å². The second-order valence-electron chi connectivity index (χ2n) is 7.18. The van der Waals surface area contributed by atoms with E-state index in [2.05, 4.69) is 66.4 Å². The van der Waals surface area contributed by atoms with Crippen LogP contribution in [-0.2, 0) is 0 Å². The van der Waals surface area contributed by atoms with Crippen molar-refractivity contribution in [2.45, 2.75) is 13.3 Å². The lowest BCUT2D eigenvalue weighted by molar-refractivity contribution is 1.21. The number of anilines is 2. The first-order chi connectivity index (χ1) is 15.2. The number of halogens is 2. The highest BCUT2D eigenvalue weighted by molar-refractivity contribution is 6.34. The van der Waals surface area contributed by atoms with Crippen LogP contribution < -0.4 is 4.90 Å².